The van der Waals surface area contributed by atoms with E-state index in [1.807, 2.05) is 6.92 Å². The fraction of sp³-hybridized carbons (Fsp3) is 0.667. The first-order valence-corrected chi connectivity index (χ1v) is 4.02. The summed E-state index contributed by atoms with van der Waals surface area (Å²) >= 11 is 3.15. The molecule has 0 fully saturated rings. The maximum Gasteiger partial charge on any atom is 0.371 e. The quantitative estimate of drug-likeness (QED) is 0.298. The number of esters is 1. The highest BCUT2D eigenvalue weighted by Crippen LogP contribution is 1.68. The smallest absolute Gasteiger partial charge is 0.371 e. The van der Waals surface area contributed by atoms with Crippen molar-refractivity contribution >= 4 is 28.2 Å². The number of halogens is 1. The topological polar surface area (TPSA) is 43.4 Å². The van der Waals surface area contributed by atoms with Gasteiger partial charge in [-0.25, -0.2) is 4.79 Å². The molecule has 0 heterocycles. The molecule has 0 spiro atoms. The monoisotopic (exact) mass is 210 g/mol. The van der Waals surface area contributed by atoms with Gasteiger partial charge in [0.05, 0.1) is 6.61 Å². The van der Waals surface area contributed by atoms with Crippen LogP contribution in [-0.2, 0) is 14.3 Å². The normalized spacial score (nSPS) is 7.10. The summed E-state index contributed by atoms with van der Waals surface area (Å²) in [5.41, 5.74) is 0. The molecule has 0 amide bonds. The van der Waals surface area contributed by atoms with Crippen LogP contribution in [0.3, 0.4) is 0 Å². The first-order valence-electron chi connectivity index (χ1n) is 2.90. The molecule has 0 aromatic carbocycles. The van der Waals surface area contributed by atoms with Crippen LogP contribution in [0.5, 0.6) is 0 Å². The number of aldehydes is 1. The standard InChI is InChI=1S/C4H6O3.C2H5Br/c1-2-7-4(6)3-5;1-2-3/h3H,2H2,1H3;2H2,1H3. The van der Waals surface area contributed by atoms with Crippen LogP contribution in [-0.4, -0.2) is 24.2 Å². The Balaban J connectivity index is 0. The third kappa shape index (κ3) is 15.6. The Bertz CT molecular complexity index is 93.0. The molecule has 4 heteroatoms. The zero-order valence-corrected chi connectivity index (χ0v) is 7.68. The molecular formula is C6H11BrO3. The van der Waals surface area contributed by atoms with E-state index in [2.05, 4.69) is 20.7 Å². The average Bonchev–Trinajstić information content (AvgIpc) is 1.90. The Labute approximate surface area is 68.9 Å². The molecule has 0 rings (SSSR count). The molecule has 0 unspecified atom stereocenters. The van der Waals surface area contributed by atoms with E-state index < -0.39 is 5.97 Å². The van der Waals surface area contributed by atoms with Gasteiger partial charge in [-0.2, -0.15) is 0 Å². The lowest BCUT2D eigenvalue weighted by molar-refractivity contribution is -0.148. The summed E-state index contributed by atoms with van der Waals surface area (Å²) < 4.78 is 4.18. The van der Waals surface area contributed by atoms with E-state index in [1.54, 1.807) is 6.92 Å². The molecule has 0 aliphatic carbocycles. The number of carbonyl (C=O) groups excluding carboxylic acids is 2. The predicted octanol–water partition coefficient (Wildman–Crippen LogP) is 1.15. The zero-order chi connectivity index (χ0) is 8.41. The maximum atomic E-state index is 9.82. The van der Waals surface area contributed by atoms with Crippen LogP contribution >= 0.6 is 15.9 Å². The van der Waals surface area contributed by atoms with Crippen molar-refractivity contribution in [2.45, 2.75) is 13.8 Å². The summed E-state index contributed by atoms with van der Waals surface area (Å²) in [4.78, 5) is 19.2. The molecule has 60 valence electrons. The van der Waals surface area contributed by atoms with Crippen molar-refractivity contribution < 1.29 is 14.3 Å². The van der Waals surface area contributed by atoms with Gasteiger partial charge in [-0.05, 0) is 6.92 Å². The van der Waals surface area contributed by atoms with Gasteiger partial charge in [-0.3, -0.25) is 4.79 Å². The van der Waals surface area contributed by atoms with Crippen molar-refractivity contribution in [3.63, 3.8) is 0 Å². The van der Waals surface area contributed by atoms with E-state index in [1.165, 1.54) is 0 Å². The molecule has 3 nitrogen and oxygen atoms in total. The zero-order valence-electron chi connectivity index (χ0n) is 6.09. The predicted molar refractivity (Wildman–Crippen MR) is 42.2 cm³/mol. The van der Waals surface area contributed by atoms with Crippen LogP contribution in [0.25, 0.3) is 0 Å². The number of rotatable bonds is 2. The van der Waals surface area contributed by atoms with Crippen molar-refractivity contribution in [3.8, 4) is 0 Å². The molecule has 0 aromatic heterocycles. The summed E-state index contributed by atoms with van der Waals surface area (Å²) in [5.74, 6) is -0.803. The lowest BCUT2D eigenvalue weighted by Crippen LogP contribution is -2.03. The number of carbonyl (C=O) groups is 2. The largest absolute Gasteiger partial charge is 0.460 e. The number of hydrogen-bond acceptors (Lipinski definition) is 3. The summed E-state index contributed by atoms with van der Waals surface area (Å²) in [6.07, 6.45) is 0.142. The highest BCUT2D eigenvalue weighted by atomic mass is 79.9. The summed E-state index contributed by atoms with van der Waals surface area (Å²) in [5, 5.41) is 1.06. The molecule has 0 saturated carbocycles. The van der Waals surface area contributed by atoms with Crippen LogP contribution in [0.15, 0.2) is 0 Å². The van der Waals surface area contributed by atoms with Gasteiger partial charge in [0.1, 0.15) is 0 Å². The molecule has 0 aromatic rings. The van der Waals surface area contributed by atoms with Crippen molar-refractivity contribution in [2.75, 3.05) is 11.9 Å². The lowest BCUT2D eigenvalue weighted by Gasteiger charge is -1.88. The second-order valence-electron chi connectivity index (χ2n) is 1.14. The summed E-state index contributed by atoms with van der Waals surface area (Å²) in [6.45, 7) is 3.94. The first kappa shape index (κ1) is 12.3. The molecule has 0 bridgehead atoms. The van der Waals surface area contributed by atoms with E-state index in [9.17, 15) is 9.59 Å². The highest BCUT2D eigenvalue weighted by molar-refractivity contribution is 9.09. The van der Waals surface area contributed by atoms with Gasteiger partial charge in [0.15, 0.2) is 0 Å². The van der Waals surface area contributed by atoms with E-state index in [-0.39, 0.29) is 12.9 Å². The number of ether oxygens (including phenoxy) is 1. The average molecular weight is 211 g/mol. The Kier molecular flexibility index (Phi) is 14.1. The van der Waals surface area contributed by atoms with Gasteiger partial charge in [0.25, 0.3) is 0 Å². The molecule has 10 heavy (non-hydrogen) atoms. The fourth-order valence-corrected chi connectivity index (χ4v) is 0.176. The molecule has 0 aliphatic heterocycles. The lowest BCUT2D eigenvalue weighted by atomic mass is 10.7. The van der Waals surface area contributed by atoms with Gasteiger partial charge < -0.3 is 4.74 Å². The molecule has 0 aliphatic rings. The minimum Gasteiger partial charge on any atom is -0.460 e. The molecule has 0 saturated heterocycles. The van der Waals surface area contributed by atoms with Crippen LogP contribution < -0.4 is 0 Å². The first-order chi connectivity index (χ1) is 4.72. The van der Waals surface area contributed by atoms with Gasteiger partial charge in [-0.15, -0.1) is 0 Å². The Hall–Kier alpha value is -0.380. The van der Waals surface area contributed by atoms with Crippen LogP contribution in [0, 0.1) is 0 Å². The van der Waals surface area contributed by atoms with Crippen LogP contribution in [0.1, 0.15) is 13.8 Å². The third-order valence-electron chi connectivity index (χ3n) is 0.383. The second-order valence-corrected chi connectivity index (χ2v) is 2.26. The van der Waals surface area contributed by atoms with Crippen molar-refractivity contribution in [1.82, 2.24) is 0 Å². The number of hydrogen-bond donors (Lipinski definition) is 0. The van der Waals surface area contributed by atoms with Gasteiger partial charge in [-0.1, -0.05) is 22.9 Å². The summed E-state index contributed by atoms with van der Waals surface area (Å²) in [6, 6.07) is 0. The van der Waals surface area contributed by atoms with Crippen molar-refractivity contribution in [1.29, 1.82) is 0 Å². The van der Waals surface area contributed by atoms with E-state index in [0.29, 0.717) is 0 Å². The maximum absolute atomic E-state index is 9.82. The van der Waals surface area contributed by atoms with Crippen LogP contribution in [0.2, 0.25) is 0 Å². The minimum atomic E-state index is -0.803. The molecule has 0 atom stereocenters. The molecular weight excluding hydrogens is 200 g/mol. The van der Waals surface area contributed by atoms with Gasteiger partial charge in [0, 0.05) is 5.33 Å². The molecule has 0 N–H and O–H groups in total. The Morgan fingerprint density at radius 1 is 1.60 bits per heavy atom. The van der Waals surface area contributed by atoms with Crippen molar-refractivity contribution in [2.24, 2.45) is 0 Å². The van der Waals surface area contributed by atoms with E-state index >= 15 is 0 Å². The van der Waals surface area contributed by atoms with Gasteiger partial charge in [0.2, 0.25) is 6.29 Å². The highest BCUT2D eigenvalue weighted by Gasteiger charge is 1.91. The summed E-state index contributed by atoms with van der Waals surface area (Å²) in [7, 11) is 0. The van der Waals surface area contributed by atoms with E-state index in [0.717, 1.165) is 5.33 Å². The van der Waals surface area contributed by atoms with Crippen molar-refractivity contribution in [3.05, 3.63) is 0 Å². The Morgan fingerprint density at radius 2 is 2.00 bits per heavy atom. The number of alkyl halides is 1. The second kappa shape index (κ2) is 11.4. The van der Waals surface area contributed by atoms with E-state index in [4.69, 9.17) is 0 Å². The minimum absolute atomic E-state index is 0.142. The molecule has 0 radical (unpaired) electrons. The third-order valence-corrected chi connectivity index (χ3v) is 0.383. The fourth-order valence-electron chi connectivity index (χ4n) is 0.176. The SMILES string of the molecule is CCBr.CCOC(=O)C=O. The van der Waals surface area contributed by atoms with Crippen LogP contribution in [0.4, 0.5) is 0 Å². The Morgan fingerprint density at radius 3 is 2.10 bits per heavy atom. The van der Waals surface area contributed by atoms with Gasteiger partial charge >= 0.3 is 5.97 Å².